The van der Waals surface area contributed by atoms with E-state index in [9.17, 15) is 8.42 Å². The maximum Gasteiger partial charge on any atom is 0.150 e. The predicted molar refractivity (Wildman–Crippen MR) is 65.8 cm³/mol. The summed E-state index contributed by atoms with van der Waals surface area (Å²) in [6, 6.07) is 0.138. The Kier molecular flexibility index (Phi) is 8.83. The highest BCUT2D eigenvalue weighted by molar-refractivity contribution is 7.91. The molecule has 98 valence electrons. The zero-order valence-corrected chi connectivity index (χ0v) is 11.1. The van der Waals surface area contributed by atoms with Gasteiger partial charge in [0.15, 0.2) is 0 Å². The fourth-order valence-corrected chi connectivity index (χ4v) is 2.27. The Hall–Kier alpha value is -0.170. The molecular formula is C10H24N2O3S. The minimum Gasteiger partial charge on any atom is -0.382 e. The monoisotopic (exact) mass is 252 g/mol. The molecule has 1 unspecified atom stereocenters. The van der Waals surface area contributed by atoms with Gasteiger partial charge in [-0.2, -0.15) is 0 Å². The van der Waals surface area contributed by atoms with Crippen molar-refractivity contribution in [3.63, 3.8) is 0 Å². The van der Waals surface area contributed by atoms with E-state index >= 15 is 0 Å². The molecule has 0 aromatic rings. The molecule has 0 saturated carbocycles. The van der Waals surface area contributed by atoms with Crippen LogP contribution in [0.2, 0.25) is 0 Å². The van der Waals surface area contributed by atoms with Gasteiger partial charge in [-0.25, -0.2) is 8.42 Å². The average Bonchev–Trinajstić information content (AvgIpc) is 2.27. The summed E-state index contributed by atoms with van der Waals surface area (Å²) in [5.74, 6) is 5.84. The van der Waals surface area contributed by atoms with Crippen LogP contribution in [0.4, 0.5) is 0 Å². The summed E-state index contributed by atoms with van der Waals surface area (Å²) in [6.07, 6.45) is 2.23. The topological polar surface area (TPSA) is 81.4 Å². The second-order valence-electron chi connectivity index (χ2n) is 3.73. The fourth-order valence-electron chi connectivity index (χ4n) is 1.37. The molecule has 0 saturated heterocycles. The van der Waals surface area contributed by atoms with Crippen LogP contribution < -0.4 is 11.3 Å². The van der Waals surface area contributed by atoms with Crippen molar-refractivity contribution in [1.82, 2.24) is 5.43 Å². The number of hydrazine groups is 1. The highest BCUT2D eigenvalue weighted by Crippen LogP contribution is 2.04. The number of hydrogen-bond acceptors (Lipinski definition) is 5. The normalized spacial score (nSPS) is 13.9. The van der Waals surface area contributed by atoms with Crippen LogP contribution in [0.5, 0.6) is 0 Å². The molecule has 0 amide bonds. The number of sulfone groups is 1. The number of rotatable bonds is 10. The second-order valence-corrected chi connectivity index (χ2v) is 6.20. The molecular weight excluding hydrogens is 228 g/mol. The first-order chi connectivity index (χ1) is 7.55. The summed E-state index contributed by atoms with van der Waals surface area (Å²) in [5, 5.41) is 0. The van der Waals surface area contributed by atoms with Crippen molar-refractivity contribution < 1.29 is 13.2 Å². The largest absolute Gasteiger partial charge is 0.382 e. The molecule has 0 radical (unpaired) electrons. The zero-order valence-electron chi connectivity index (χ0n) is 10.2. The molecule has 16 heavy (non-hydrogen) atoms. The van der Waals surface area contributed by atoms with Crippen molar-refractivity contribution in [1.29, 1.82) is 0 Å². The van der Waals surface area contributed by atoms with Gasteiger partial charge in [-0.3, -0.25) is 11.3 Å². The van der Waals surface area contributed by atoms with Crippen molar-refractivity contribution >= 4 is 9.84 Å². The molecule has 0 aromatic heterocycles. The standard InChI is InChI=1S/C10H24N2O3S/c1-3-15-8-7-10(12-11)6-5-9-16(13,14)4-2/h10,12H,3-9,11H2,1-2H3. The van der Waals surface area contributed by atoms with Gasteiger partial charge in [-0.05, 0) is 26.2 Å². The molecule has 1 atom stereocenters. The molecule has 0 heterocycles. The van der Waals surface area contributed by atoms with Crippen molar-refractivity contribution in [2.45, 2.75) is 39.2 Å². The first kappa shape index (κ1) is 15.8. The molecule has 0 aliphatic rings. The summed E-state index contributed by atoms with van der Waals surface area (Å²) in [6.45, 7) is 4.97. The predicted octanol–water partition coefficient (Wildman–Crippen LogP) is 0.460. The lowest BCUT2D eigenvalue weighted by Gasteiger charge is -2.15. The van der Waals surface area contributed by atoms with Crippen LogP contribution >= 0.6 is 0 Å². The summed E-state index contributed by atoms with van der Waals surface area (Å²) >= 11 is 0. The first-order valence-corrected chi connectivity index (χ1v) is 7.62. The smallest absolute Gasteiger partial charge is 0.150 e. The summed E-state index contributed by atoms with van der Waals surface area (Å²) in [5.41, 5.74) is 2.69. The highest BCUT2D eigenvalue weighted by Gasteiger charge is 2.10. The van der Waals surface area contributed by atoms with Crippen molar-refractivity contribution in [3.05, 3.63) is 0 Å². The van der Waals surface area contributed by atoms with E-state index in [1.807, 2.05) is 6.92 Å². The van der Waals surface area contributed by atoms with Gasteiger partial charge in [0.1, 0.15) is 9.84 Å². The molecule has 3 N–H and O–H groups in total. The van der Waals surface area contributed by atoms with Crippen LogP contribution in [0.3, 0.4) is 0 Å². The third-order valence-electron chi connectivity index (χ3n) is 2.50. The Labute approximate surface area is 98.6 Å². The minimum absolute atomic E-state index is 0.138. The van der Waals surface area contributed by atoms with E-state index in [2.05, 4.69) is 5.43 Å². The van der Waals surface area contributed by atoms with E-state index < -0.39 is 9.84 Å². The van der Waals surface area contributed by atoms with Gasteiger partial charge in [-0.15, -0.1) is 0 Å². The van der Waals surface area contributed by atoms with Crippen LogP contribution in [0.25, 0.3) is 0 Å². The molecule has 0 bridgehead atoms. The van der Waals surface area contributed by atoms with Gasteiger partial charge in [-0.1, -0.05) is 6.92 Å². The molecule has 0 aromatic carbocycles. The Morgan fingerprint density at radius 3 is 2.50 bits per heavy atom. The lowest BCUT2D eigenvalue weighted by Crippen LogP contribution is -2.36. The van der Waals surface area contributed by atoms with Gasteiger partial charge in [0.05, 0.1) is 5.75 Å². The fraction of sp³-hybridized carbons (Fsp3) is 1.00. The van der Waals surface area contributed by atoms with Gasteiger partial charge >= 0.3 is 0 Å². The summed E-state index contributed by atoms with van der Waals surface area (Å²) in [7, 11) is -2.85. The summed E-state index contributed by atoms with van der Waals surface area (Å²) < 4.78 is 27.7. The zero-order chi connectivity index (χ0) is 12.4. The first-order valence-electron chi connectivity index (χ1n) is 5.80. The van der Waals surface area contributed by atoms with Crippen molar-refractivity contribution in [3.8, 4) is 0 Å². The number of nitrogens with one attached hydrogen (secondary N) is 1. The maximum atomic E-state index is 11.3. The molecule has 0 fully saturated rings. The highest BCUT2D eigenvalue weighted by atomic mass is 32.2. The van der Waals surface area contributed by atoms with Crippen LogP contribution in [0.1, 0.15) is 33.1 Å². The third-order valence-corrected chi connectivity index (χ3v) is 4.29. The minimum atomic E-state index is -2.85. The Morgan fingerprint density at radius 2 is 2.00 bits per heavy atom. The second kappa shape index (κ2) is 8.92. The quantitative estimate of drug-likeness (QED) is 0.335. The maximum absolute atomic E-state index is 11.3. The van der Waals surface area contributed by atoms with Gasteiger partial charge in [0.25, 0.3) is 0 Å². The third kappa shape index (κ3) is 8.04. The number of hydrogen-bond donors (Lipinski definition) is 2. The number of nitrogens with two attached hydrogens (primary N) is 1. The Morgan fingerprint density at radius 1 is 1.31 bits per heavy atom. The Balaban J connectivity index is 3.70. The molecule has 0 rings (SSSR count). The lowest BCUT2D eigenvalue weighted by atomic mass is 10.1. The van der Waals surface area contributed by atoms with E-state index in [-0.39, 0.29) is 17.5 Å². The van der Waals surface area contributed by atoms with E-state index in [4.69, 9.17) is 10.6 Å². The SMILES string of the molecule is CCOCCC(CCCS(=O)(=O)CC)NN. The number of ether oxygens (including phenoxy) is 1. The molecule has 0 aliphatic carbocycles. The van der Waals surface area contributed by atoms with E-state index in [1.54, 1.807) is 6.92 Å². The van der Waals surface area contributed by atoms with Crippen LogP contribution in [0, 0.1) is 0 Å². The van der Waals surface area contributed by atoms with Crippen LogP contribution in [-0.2, 0) is 14.6 Å². The van der Waals surface area contributed by atoms with Gasteiger partial charge in [0.2, 0.25) is 0 Å². The molecule has 5 nitrogen and oxygen atoms in total. The van der Waals surface area contributed by atoms with Crippen LogP contribution in [0.15, 0.2) is 0 Å². The van der Waals surface area contributed by atoms with Crippen molar-refractivity contribution in [2.24, 2.45) is 5.84 Å². The molecule has 0 spiro atoms. The van der Waals surface area contributed by atoms with Crippen molar-refractivity contribution in [2.75, 3.05) is 24.7 Å². The Bertz CT molecular complexity index is 255. The van der Waals surface area contributed by atoms with Crippen LogP contribution in [-0.4, -0.2) is 39.2 Å². The average molecular weight is 252 g/mol. The van der Waals surface area contributed by atoms with E-state index in [0.29, 0.717) is 19.6 Å². The van der Waals surface area contributed by atoms with E-state index in [0.717, 1.165) is 12.8 Å². The molecule has 0 aliphatic heterocycles. The molecule has 6 heteroatoms. The lowest BCUT2D eigenvalue weighted by molar-refractivity contribution is 0.135. The van der Waals surface area contributed by atoms with Gasteiger partial charge < -0.3 is 4.74 Å². The summed E-state index contributed by atoms with van der Waals surface area (Å²) in [4.78, 5) is 0. The van der Waals surface area contributed by atoms with E-state index in [1.165, 1.54) is 0 Å². The van der Waals surface area contributed by atoms with Gasteiger partial charge in [0, 0.05) is 25.0 Å².